The second-order valence-electron chi connectivity index (χ2n) is 12.9. The molecule has 1 aliphatic carbocycles. The van der Waals surface area contributed by atoms with Gasteiger partial charge in [0.15, 0.2) is 0 Å². The van der Waals surface area contributed by atoms with Gasteiger partial charge in [-0.3, -0.25) is 4.79 Å². The first-order chi connectivity index (χ1) is 18.7. The van der Waals surface area contributed by atoms with Crippen LogP contribution in [-0.2, 0) is 9.53 Å². The van der Waals surface area contributed by atoms with E-state index < -0.39 is 0 Å². The Hall–Kier alpha value is -0.530. The molecule has 0 aromatic carbocycles. The van der Waals surface area contributed by atoms with E-state index in [1.54, 1.807) is 0 Å². The van der Waals surface area contributed by atoms with Gasteiger partial charge in [0.25, 0.3) is 0 Å². The Morgan fingerprint density at radius 1 is 0.526 bits per heavy atom. The molecule has 2 nitrogen and oxygen atoms in total. The molecule has 0 bridgehead atoms. The molecule has 3 atom stereocenters. The van der Waals surface area contributed by atoms with Crippen molar-refractivity contribution in [1.29, 1.82) is 0 Å². The van der Waals surface area contributed by atoms with Gasteiger partial charge in [0, 0.05) is 0 Å². The van der Waals surface area contributed by atoms with Crippen LogP contribution >= 0.6 is 0 Å². The van der Waals surface area contributed by atoms with Crippen molar-refractivity contribution in [1.82, 2.24) is 0 Å². The van der Waals surface area contributed by atoms with Crippen LogP contribution in [0.3, 0.4) is 0 Å². The number of ether oxygens (including phenoxy) is 1. The van der Waals surface area contributed by atoms with Crippen LogP contribution in [0.1, 0.15) is 201 Å². The van der Waals surface area contributed by atoms with Crippen LogP contribution in [0, 0.1) is 17.8 Å². The molecule has 1 rings (SSSR count). The maximum Gasteiger partial charge on any atom is 0.309 e. The number of carbonyl (C=O) groups is 1. The lowest BCUT2D eigenvalue weighted by molar-refractivity contribution is -0.155. The molecule has 0 spiro atoms. The van der Waals surface area contributed by atoms with Gasteiger partial charge in [-0.25, -0.2) is 0 Å². The van der Waals surface area contributed by atoms with E-state index in [0.29, 0.717) is 0 Å². The molecule has 1 aliphatic rings. The van der Waals surface area contributed by atoms with E-state index in [-0.39, 0.29) is 18.0 Å². The molecular formula is C36H70O2. The molecular weight excluding hydrogens is 464 g/mol. The summed E-state index contributed by atoms with van der Waals surface area (Å²) in [6, 6.07) is 0. The zero-order chi connectivity index (χ0) is 27.7. The number of hydrogen-bond donors (Lipinski definition) is 0. The Morgan fingerprint density at radius 2 is 0.921 bits per heavy atom. The lowest BCUT2D eigenvalue weighted by Gasteiger charge is -2.22. The van der Waals surface area contributed by atoms with Crippen LogP contribution in [0.15, 0.2) is 0 Å². The van der Waals surface area contributed by atoms with Crippen LogP contribution in [-0.4, -0.2) is 12.1 Å². The van der Waals surface area contributed by atoms with Gasteiger partial charge in [0.05, 0.1) is 5.92 Å². The number of hydrogen-bond acceptors (Lipinski definition) is 2. The van der Waals surface area contributed by atoms with E-state index in [0.717, 1.165) is 50.4 Å². The van der Waals surface area contributed by atoms with Crippen molar-refractivity contribution in [2.24, 2.45) is 17.8 Å². The molecule has 0 N–H and O–H groups in total. The van der Waals surface area contributed by atoms with Crippen molar-refractivity contribution in [3.63, 3.8) is 0 Å². The van der Waals surface area contributed by atoms with Crippen molar-refractivity contribution < 1.29 is 9.53 Å². The Bertz CT molecular complexity index is 509. The summed E-state index contributed by atoms with van der Waals surface area (Å²) in [5.41, 5.74) is 0. The third-order valence-electron chi connectivity index (χ3n) is 9.12. The molecule has 0 radical (unpaired) electrons. The van der Waals surface area contributed by atoms with Crippen LogP contribution in [0.5, 0.6) is 0 Å². The number of carbonyl (C=O) groups excluding carboxylic acids is 1. The highest BCUT2D eigenvalue weighted by Gasteiger charge is 2.35. The van der Waals surface area contributed by atoms with Gasteiger partial charge in [-0.15, -0.1) is 0 Å². The van der Waals surface area contributed by atoms with E-state index in [4.69, 9.17) is 4.74 Å². The van der Waals surface area contributed by atoms with Crippen LogP contribution in [0.2, 0.25) is 0 Å². The minimum Gasteiger partial charge on any atom is -0.462 e. The van der Waals surface area contributed by atoms with Crippen LogP contribution in [0.25, 0.3) is 0 Å². The lowest BCUT2D eigenvalue weighted by Crippen LogP contribution is -2.24. The van der Waals surface area contributed by atoms with Gasteiger partial charge in [0.2, 0.25) is 0 Å². The van der Waals surface area contributed by atoms with Crippen molar-refractivity contribution in [2.45, 2.75) is 207 Å². The Balaban J connectivity index is 2.18. The lowest BCUT2D eigenvalue weighted by atomic mass is 9.97. The topological polar surface area (TPSA) is 26.3 Å². The van der Waals surface area contributed by atoms with E-state index in [2.05, 4.69) is 27.7 Å². The third kappa shape index (κ3) is 19.5. The zero-order valence-corrected chi connectivity index (χ0v) is 26.7. The first-order valence-corrected chi connectivity index (χ1v) is 17.9. The fraction of sp³-hybridized carbons (Fsp3) is 0.972. The minimum absolute atomic E-state index is 0.0987. The Labute approximate surface area is 240 Å². The summed E-state index contributed by atoms with van der Waals surface area (Å²) in [6.07, 6.45) is 35.6. The average molecular weight is 535 g/mol. The smallest absolute Gasteiger partial charge is 0.309 e. The number of esters is 1. The van der Waals surface area contributed by atoms with Gasteiger partial charge in [-0.2, -0.15) is 0 Å². The number of unbranched alkanes of at least 4 members (excludes halogenated alkanes) is 15. The van der Waals surface area contributed by atoms with Gasteiger partial charge < -0.3 is 4.74 Å². The Morgan fingerprint density at radius 3 is 1.34 bits per heavy atom. The highest BCUT2D eigenvalue weighted by Crippen LogP contribution is 2.45. The van der Waals surface area contributed by atoms with Crippen molar-refractivity contribution in [2.75, 3.05) is 0 Å². The fourth-order valence-electron chi connectivity index (χ4n) is 6.44. The Kier molecular flexibility index (Phi) is 23.8. The maximum absolute atomic E-state index is 12.9. The zero-order valence-electron chi connectivity index (χ0n) is 26.7. The fourth-order valence-corrected chi connectivity index (χ4v) is 6.44. The number of rotatable bonds is 29. The van der Waals surface area contributed by atoms with Crippen molar-refractivity contribution >= 4 is 5.97 Å². The molecule has 0 saturated heterocycles. The molecule has 2 heteroatoms. The molecule has 38 heavy (non-hydrogen) atoms. The SMILES string of the molecule is CCCCCCCCCC(CCCCCCCC1CC1CCCCCCCC)OC(=O)C(CCC)CCC. The summed E-state index contributed by atoms with van der Waals surface area (Å²) in [5, 5.41) is 0. The predicted octanol–water partition coefficient (Wildman–Crippen LogP) is 12.4. The van der Waals surface area contributed by atoms with E-state index >= 15 is 0 Å². The van der Waals surface area contributed by atoms with E-state index in [1.807, 2.05) is 0 Å². The second-order valence-corrected chi connectivity index (χ2v) is 12.9. The molecule has 0 aromatic heterocycles. The monoisotopic (exact) mass is 535 g/mol. The molecule has 1 fully saturated rings. The third-order valence-corrected chi connectivity index (χ3v) is 9.12. The molecule has 0 aromatic rings. The minimum atomic E-state index is 0.0987. The second kappa shape index (κ2) is 25.4. The standard InChI is InChI=1S/C36H70O2/c1-5-9-11-13-15-19-23-29-35(38-36(37)32(25-7-3)26-8-4)30-24-20-16-18-22-28-34-31-33(34)27-21-17-14-12-10-6-2/h32-35H,5-31H2,1-4H3. The summed E-state index contributed by atoms with van der Waals surface area (Å²) in [5.74, 6) is 2.36. The molecule has 0 heterocycles. The predicted molar refractivity (Wildman–Crippen MR) is 168 cm³/mol. The molecule has 0 aliphatic heterocycles. The first-order valence-electron chi connectivity index (χ1n) is 17.9. The largest absolute Gasteiger partial charge is 0.462 e. The average Bonchev–Trinajstić information content (AvgIpc) is 3.67. The molecule has 226 valence electrons. The summed E-state index contributed by atoms with van der Waals surface area (Å²) < 4.78 is 6.16. The van der Waals surface area contributed by atoms with Crippen molar-refractivity contribution in [3.05, 3.63) is 0 Å². The molecule has 1 saturated carbocycles. The van der Waals surface area contributed by atoms with E-state index in [1.165, 1.54) is 135 Å². The van der Waals surface area contributed by atoms with Crippen LogP contribution < -0.4 is 0 Å². The van der Waals surface area contributed by atoms with Crippen molar-refractivity contribution in [3.8, 4) is 0 Å². The summed E-state index contributed by atoms with van der Waals surface area (Å²) in [7, 11) is 0. The maximum atomic E-state index is 12.9. The normalized spacial score (nSPS) is 17.7. The molecule has 0 amide bonds. The van der Waals surface area contributed by atoms with E-state index in [9.17, 15) is 4.79 Å². The quantitative estimate of drug-likeness (QED) is 0.0704. The summed E-state index contributed by atoms with van der Waals surface area (Å²) in [4.78, 5) is 12.9. The van der Waals surface area contributed by atoms with Gasteiger partial charge >= 0.3 is 5.97 Å². The highest BCUT2D eigenvalue weighted by molar-refractivity contribution is 5.72. The molecule has 3 unspecified atom stereocenters. The highest BCUT2D eigenvalue weighted by atomic mass is 16.5. The van der Waals surface area contributed by atoms with Crippen LogP contribution in [0.4, 0.5) is 0 Å². The van der Waals surface area contributed by atoms with Gasteiger partial charge in [0.1, 0.15) is 6.10 Å². The first kappa shape index (κ1) is 35.5. The van der Waals surface area contributed by atoms with Gasteiger partial charge in [-0.05, 0) is 56.8 Å². The van der Waals surface area contributed by atoms with Gasteiger partial charge in [-0.1, -0.05) is 156 Å². The summed E-state index contributed by atoms with van der Waals surface area (Å²) >= 11 is 0. The summed E-state index contributed by atoms with van der Waals surface area (Å²) in [6.45, 7) is 8.96.